The first-order valence-electron chi connectivity index (χ1n) is 12.3. The molecule has 1 aromatic heterocycles. The predicted molar refractivity (Wildman–Crippen MR) is 139 cm³/mol. The van der Waals surface area contributed by atoms with E-state index in [0.29, 0.717) is 19.0 Å². The molecule has 184 valence electrons. The molecule has 0 saturated carbocycles. The Balaban J connectivity index is 1.57. The lowest BCUT2D eigenvalue weighted by atomic mass is 9.90. The van der Waals surface area contributed by atoms with Crippen LogP contribution in [0.15, 0.2) is 60.0 Å². The van der Waals surface area contributed by atoms with Crippen LogP contribution in [0.2, 0.25) is 0 Å². The van der Waals surface area contributed by atoms with E-state index in [1.54, 1.807) is 28.4 Å². The highest BCUT2D eigenvalue weighted by molar-refractivity contribution is 7.10. The zero-order valence-electron chi connectivity index (χ0n) is 20.7. The van der Waals surface area contributed by atoms with Crippen molar-refractivity contribution in [3.63, 3.8) is 0 Å². The monoisotopic (exact) mass is 492 g/mol. The van der Waals surface area contributed by atoms with Gasteiger partial charge in [0.15, 0.2) is 0 Å². The normalized spacial score (nSPS) is 15.2. The van der Waals surface area contributed by atoms with Crippen molar-refractivity contribution < 1.29 is 14.0 Å². The molecule has 1 aliphatic heterocycles. The quantitative estimate of drug-likeness (QED) is 0.400. The lowest BCUT2D eigenvalue weighted by Crippen LogP contribution is -2.47. The molecule has 0 saturated heterocycles. The van der Waals surface area contributed by atoms with Gasteiger partial charge in [-0.3, -0.25) is 9.59 Å². The Labute approximate surface area is 211 Å². The van der Waals surface area contributed by atoms with Crippen LogP contribution < -0.4 is 0 Å². The second-order valence-electron chi connectivity index (χ2n) is 9.70. The van der Waals surface area contributed by atoms with Crippen LogP contribution in [0.1, 0.15) is 53.4 Å². The highest BCUT2D eigenvalue weighted by Gasteiger charge is 2.34. The average molecular weight is 493 g/mol. The van der Waals surface area contributed by atoms with E-state index in [4.69, 9.17) is 0 Å². The van der Waals surface area contributed by atoms with E-state index >= 15 is 0 Å². The van der Waals surface area contributed by atoms with E-state index in [1.807, 2.05) is 17.0 Å². The summed E-state index contributed by atoms with van der Waals surface area (Å²) in [4.78, 5) is 32.0. The van der Waals surface area contributed by atoms with Crippen molar-refractivity contribution >= 4 is 23.2 Å². The van der Waals surface area contributed by atoms with E-state index < -0.39 is 0 Å². The van der Waals surface area contributed by atoms with Gasteiger partial charge in [-0.1, -0.05) is 50.2 Å². The predicted octanol–water partition coefficient (Wildman–Crippen LogP) is 5.79. The van der Waals surface area contributed by atoms with Crippen LogP contribution in [0.3, 0.4) is 0 Å². The number of hydrogen-bond acceptors (Lipinski definition) is 3. The Morgan fingerprint density at radius 2 is 1.83 bits per heavy atom. The Kier molecular flexibility index (Phi) is 8.01. The molecule has 1 atom stereocenters. The minimum absolute atomic E-state index is 0.0358. The lowest BCUT2D eigenvalue weighted by molar-refractivity contribution is -0.141. The van der Waals surface area contributed by atoms with E-state index in [1.165, 1.54) is 22.6 Å². The Morgan fingerprint density at radius 1 is 1.09 bits per heavy atom. The number of amides is 2. The van der Waals surface area contributed by atoms with Crippen molar-refractivity contribution in [2.45, 2.75) is 46.1 Å². The van der Waals surface area contributed by atoms with E-state index in [-0.39, 0.29) is 36.6 Å². The fraction of sp³-hybridized carbons (Fsp3) is 0.379. The summed E-state index contributed by atoms with van der Waals surface area (Å²) in [6, 6.07) is 16.2. The molecule has 0 fully saturated rings. The smallest absolute Gasteiger partial charge is 0.242 e. The second-order valence-corrected chi connectivity index (χ2v) is 10.7. The molecule has 2 aromatic carbocycles. The van der Waals surface area contributed by atoms with Crippen molar-refractivity contribution in [3.8, 4) is 0 Å². The van der Waals surface area contributed by atoms with E-state index in [0.717, 1.165) is 29.5 Å². The number of thiophene rings is 1. The van der Waals surface area contributed by atoms with Gasteiger partial charge in [-0.2, -0.15) is 0 Å². The summed E-state index contributed by atoms with van der Waals surface area (Å²) >= 11 is 1.75. The first-order valence-corrected chi connectivity index (χ1v) is 13.1. The van der Waals surface area contributed by atoms with Gasteiger partial charge in [0.1, 0.15) is 5.82 Å². The van der Waals surface area contributed by atoms with Gasteiger partial charge >= 0.3 is 0 Å². The molecule has 0 spiro atoms. The van der Waals surface area contributed by atoms with Gasteiger partial charge in [0.25, 0.3) is 0 Å². The molecule has 0 bridgehead atoms. The van der Waals surface area contributed by atoms with Crippen molar-refractivity contribution in [3.05, 3.63) is 92.9 Å². The third-order valence-corrected chi connectivity index (χ3v) is 7.69. The highest BCUT2D eigenvalue weighted by atomic mass is 32.1. The minimum Gasteiger partial charge on any atom is -0.333 e. The van der Waals surface area contributed by atoms with Crippen LogP contribution in [0, 0.1) is 18.7 Å². The van der Waals surface area contributed by atoms with Gasteiger partial charge in [0.05, 0.1) is 19.0 Å². The van der Waals surface area contributed by atoms with E-state index in [2.05, 4.69) is 44.4 Å². The van der Waals surface area contributed by atoms with Crippen molar-refractivity contribution in [2.75, 3.05) is 19.6 Å². The maximum absolute atomic E-state index is 13.8. The Hall–Kier alpha value is -2.99. The van der Waals surface area contributed by atoms with Crippen LogP contribution in [0.5, 0.6) is 0 Å². The highest BCUT2D eigenvalue weighted by Crippen LogP contribution is 2.39. The lowest BCUT2D eigenvalue weighted by Gasteiger charge is -2.38. The third kappa shape index (κ3) is 5.99. The molecular formula is C29H33FN2O2S. The zero-order chi connectivity index (χ0) is 24.9. The number of carbonyl (C=O) groups excluding carboxylic acids is 2. The minimum atomic E-state index is -0.326. The molecule has 0 aliphatic carbocycles. The molecule has 6 heteroatoms. The molecule has 3 aromatic rings. The molecule has 4 rings (SSSR count). The van der Waals surface area contributed by atoms with Gasteiger partial charge in [-0.15, -0.1) is 11.3 Å². The Morgan fingerprint density at radius 3 is 2.54 bits per heavy atom. The van der Waals surface area contributed by atoms with Crippen LogP contribution in [-0.2, 0) is 22.4 Å². The topological polar surface area (TPSA) is 40.6 Å². The molecule has 0 N–H and O–H groups in total. The number of fused-ring (bicyclic) bond motifs is 1. The number of benzene rings is 2. The Bertz CT molecular complexity index is 1170. The molecule has 35 heavy (non-hydrogen) atoms. The molecule has 4 nitrogen and oxygen atoms in total. The van der Waals surface area contributed by atoms with Crippen LogP contribution in [0.25, 0.3) is 0 Å². The molecule has 2 amide bonds. The number of nitrogens with zero attached hydrogens (tertiary/aromatic N) is 2. The van der Waals surface area contributed by atoms with Crippen molar-refractivity contribution in [1.29, 1.82) is 0 Å². The summed E-state index contributed by atoms with van der Waals surface area (Å²) in [6.45, 7) is 7.52. The van der Waals surface area contributed by atoms with Gasteiger partial charge < -0.3 is 9.80 Å². The number of rotatable bonds is 8. The SMILES string of the molecule is Cc1ccccc1C1c2ccsc2CCN1C(=O)CN(CCC(C)C)C(=O)Cc1ccc(F)cc1. The number of carbonyl (C=O) groups is 2. The first kappa shape index (κ1) is 25.1. The summed E-state index contributed by atoms with van der Waals surface area (Å²) in [7, 11) is 0. The number of halogens is 1. The van der Waals surface area contributed by atoms with Crippen molar-refractivity contribution in [1.82, 2.24) is 9.80 Å². The summed E-state index contributed by atoms with van der Waals surface area (Å²) in [5.41, 5.74) is 4.22. The van der Waals surface area contributed by atoms with Crippen molar-refractivity contribution in [2.24, 2.45) is 5.92 Å². The largest absolute Gasteiger partial charge is 0.333 e. The molecular weight excluding hydrogens is 459 g/mol. The molecule has 1 aliphatic rings. The maximum atomic E-state index is 13.8. The molecule has 2 heterocycles. The zero-order valence-corrected chi connectivity index (χ0v) is 21.5. The van der Waals surface area contributed by atoms with Crippen LogP contribution in [0.4, 0.5) is 4.39 Å². The van der Waals surface area contributed by atoms with Gasteiger partial charge in [-0.05, 0) is 71.5 Å². The average Bonchev–Trinajstić information content (AvgIpc) is 3.32. The fourth-order valence-electron chi connectivity index (χ4n) is 4.66. The van der Waals surface area contributed by atoms with Crippen LogP contribution in [-0.4, -0.2) is 41.2 Å². The van der Waals surface area contributed by atoms with Crippen LogP contribution >= 0.6 is 11.3 Å². The number of aryl methyl sites for hydroxylation is 1. The first-order chi connectivity index (χ1) is 16.8. The second kappa shape index (κ2) is 11.2. The summed E-state index contributed by atoms with van der Waals surface area (Å²) in [5, 5.41) is 2.10. The third-order valence-electron chi connectivity index (χ3n) is 6.69. The van der Waals surface area contributed by atoms with Gasteiger partial charge in [0, 0.05) is 18.0 Å². The summed E-state index contributed by atoms with van der Waals surface area (Å²) < 4.78 is 13.3. The fourth-order valence-corrected chi connectivity index (χ4v) is 5.57. The standard InChI is InChI=1S/C29H33FN2O2S/c1-20(2)12-15-31(27(33)18-22-8-10-23(30)11-9-22)19-28(34)32-16-13-26-25(14-17-35-26)29(32)24-7-5-4-6-21(24)3/h4-11,14,17,20,29H,12-13,15-16,18-19H2,1-3H3. The van der Waals surface area contributed by atoms with Gasteiger partial charge in [-0.25, -0.2) is 4.39 Å². The molecule has 1 unspecified atom stereocenters. The maximum Gasteiger partial charge on any atom is 0.242 e. The molecule has 0 radical (unpaired) electrons. The summed E-state index contributed by atoms with van der Waals surface area (Å²) in [6.07, 6.45) is 1.80. The summed E-state index contributed by atoms with van der Waals surface area (Å²) in [5.74, 6) is -0.0555. The number of hydrogen-bond donors (Lipinski definition) is 0. The van der Waals surface area contributed by atoms with E-state index in [9.17, 15) is 14.0 Å². The van der Waals surface area contributed by atoms with Gasteiger partial charge in [0.2, 0.25) is 11.8 Å².